The van der Waals surface area contributed by atoms with Crippen molar-refractivity contribution in [2.45, 2.75) is 38.0 Å². The maximum absolute atomic E-state index is 4.87. The van der Waals surface area contributed by atoms with Crippen LogP contribution in [0.5, 0.6) is 0 Å². The fourth-order valence-electron chi connectivity index (χ4n) is 13.8. The van der Waals surface area contributed by atoms with E-state index in [0.29, 0.717) is 11.3 Å². The molecule has 0 aliphatic heterocycles. The molecule has 0 amide bonds. The minimum absolute atomic E-state index is 0.130. The van der Waals surface area contributed by atoms with Crippen LogP contribution >= 0.6 is 0 Å². The van der Waals surface area contributed by atoms with Crippen molar-refractivity contribution in [1.82, 2.24) is 9.97 Å². The summed E-state index contributed by atoms with van der Waals surface area (Å²) < 4.78 is 0. The van der Waals surface area contributed by atoms with Crippen molar-refractivity contribution in [2.75, 3.05) is 0 Å². The molecule has 14 rings (SSSR count). The predicted octanol–water partition coefficient (Wildman–Crippen LogP) is 15.5. The van der Waals surface area contributed by atoms with E-state index in [1.165, 1.54) is 103 Å². The summed E-state index contributed by atoms with van der Waals surface area (Å²) in [6.45, 7) is 2.58. The number of aromatic nitrogens is 2. The van der Waals surface area contributed by atoms with Crippen molar-refractivity contribution < 1.29 is 0 Å². The lowest BCUT2D eigenvalue weighted by atomic mass is 9.54. The molecule has 8 aromatic carbocycles. The average molecular weight is 793 g/mol. The van der Waals surface area contributed by atoms with Gasteiger partial charge in [-0.25, -0.2) is 0 Å². The van der Waals surface area contributed by atoms with E-state index < -0.39 is 0 Å². The van der Waals surface area contributed by atoms with Crippen LogP contribution in [0.1, 0.15) is 43.7 Å². The first-order chi connectivity index (χ1) is 30.6. The zero-order valence-corrected chi connectivity index (χ0v) is 34.8. The van der Waals surface area contributed by atoms with Crippen LogP contribution in [0, 0.1) is 23.2 Å². The fourth-order valence-corrected chi connectivity index (χ4v) is 13.8. The number of fused-ring (bicyclic) bond motifs is 12. The molecular formula is C60H44N2. The smallest absolute Gasteiger partial charge is 0.0970 e. The summed E-state index contributed by atoms with van der Waals surface area (Å²) >= 11 is 0. The molecular weight excluding hydrogens is 749 g/mol. The lowest BCUT2D eigenvalue weighted by molar-refractivity contribution is 0.130. The fraction of sp³-hybridized carbons (Fsp3) is 0.167. The van der Waals surface area contributed by atoms with Gasteiger partial charge >= 0.3 is 0 Å². The van der Waals surface area contributed by atoms with Crippen molar-refractivity contribution >= 4 is 43.4 Å². The van der Waals surface area contributed by atoms with Crippen LogP contribution in [0.4, 0.5) is 0 Å². The molecule has 5 unspecified atom stereocenters. The van der Waals surface area contributed by atoms with Crippen LogP contribution < -0.4 is 0 Å². The SMILES string of the molecule is CC1CC23CC2CC(C3)C12c1ccccc1-c1c(-c3ccc(-c4cccc(-c5c6ccccc6c(-c6cc7cccnc7c7ncccc67)c6ccccc56)c4)cc3)cccc12. The van der Waals surface area contributed by atoms with Gasteiger partial charge in [0.15, 0.2) is 0 Å². The molecule has 4 aliphatic carbocycles. The number of hydrogen-bond acceptors (Lipinski definition) is 2. The van der Waals surface area contributed by atoms with Crippen LogP contribution in [0.25, 0.3) is 99.0 Å². The van der Waals surface area contributed by atoms with Gasteiger partial charge in [0, 0.05) is 28.6 Å². The van der Waals surface area contributed by atoms with Gasteiger partial charge in [-0.05, 0) is 161 Å². The van der Waals surface area contributed by atoms with Gasteiger partial charge in [0.2, 0.25) is 0 Å². The second-order valence-corrected chi connectivity index (χ2v) is 19.0. The van der Waals surface area contributed by atoms with Crippen LogP contribution in [0.15, 0.2) is 182 Å². The molecule has 5 atom stereocenters. The molecule has 294 valence electrons. The summed E-state index contributed by atoms with van der Waals surface area (Å²) in [5, 5.41) is 7.15. The number of nitrogens with zero attached hydrogens (tertiary/aromatic N) is 2. The first-order valence-corrected chi connectivity index (χ1v) is 22.6. The van der Waals surface area contributed by atoms with Gasteiger partial charge in [0.05, 0.1) is 11.0 Å². The van der Waals surface area contributed by atoms with Crippen LogP contribution in [-0.4, -0.2) is 9.97 Å². The Morgan fingerprint density at radius 3 is 1.84 bits per heavy atom. The summed E-state index contributed by atoms with van der Waals surface area (Å²) in [4.78, 5) is 9.64. The zero-order chi connectivity index (χ0) is 40.7. The van der Waals surface area contributed by atoms with Crippen molar-refractivity contribution in [3.8, 4) is 55.6 Å². The Bertz CT molecular complexity index is 3470. The van der Waals surface area contributed by atoms with E-state index >= 15 is 0 Å². The third kappa shape index (κ3) is 4.60. The van der Waals surface area contributed by atoms with Crippen LogP contribution in [-0.2, 0) is 5.41 Å². The monoisotopic (exact) mass is 792 g/mol. The largest absolute Gasteiger partial charge is 0.254 e. The molecule has 2 nitrogen and oxygen atoms in total. The van der Waals surface area contributed by atoms with Crippen LogP contribution in [0.2, 0.25) is 0 Å². The highest BCUT2D eigenvalue weighted by molar-refractivity contribution is 6.25. The Morgan fingerprint density at radius 2 is 1.03 bits per heavy atom. The average Bonchev–Trinajstić information content (AvgIpc) is 3.73. The van der Waals surface area contributed by atoms with Gasteiger partial charge in [0.25, 0.3) is 0 Å². The highest BCUT2D eigenvalue weighted by atomic mass is 14.7. The van der Waals surface area contributed by atoms with Gasteiger partial charge < -0.3 is 0 Å². The lowest BCUT2D eigenvalue weighted by Crippen LogP contribution is -2.44. The molecule has 2 heteroatoms. The predicted molar refractivity (Wildman–Crippen MR) is 257 cm³/mol. The van der Waals surface area contributed by atoms with Crippen molar-refractivity contribution in [3.05, 3.63) is 193 Å². The molecule has 62 heavy (non-hydrogen) atoms. The first kappa shape index (κ1) is 34.8. The molecule has 4 aliphatic rings. The second-order valence-electron chi connectivity index (χ2n) is 19.0. The van der Waals surface area contributed by atoms with Gasteiger partial charge in [-0.2, -0.15) is 0 Å². The zero-order valence-electron chi connectivity index (χ0n) is 34.8. The molecule has 2 heterocycles. The van der Waals surface area contributed by atoms with E-state index in [4.69, 9.17) is 9.97 Å². The molecule has 3 saturated carbocycles. The van der Waals surface area contributed by atoms with Gasteiger partial charge in [-0.1, -0.05) is 153 Å². The minimum atomic E-state index is 0.130. The molecule has 0 radical (unpaired) electrons. The van der Waals surface area contributed by atoms with Gasteiger partial charge in [-0.3, -0.25) is 9.97 Å². The topological polar surface area (TPSA) is 25.8 Å². The van der Waals surface area contributed by atoms with Crippen molar-refractivity contribution in [3.63, 3.8) is 0 Å². The minimum Gasteiger partial charge on any atom is -0.254 e. The highest BCUT2D eigenvalue weighted by Crippen LogP contribution is 2.78. The maximum atomic E-state index is 4.87. The summed E-state index contributed by atoms with van der Waals surface area (Å²) in [6.07, 6.45) is 9.43. The maximum Gasteiger partial charge on any atom is 0.0970 e. The van der Waals surface area contributed by atoms with Crippen molar-refractivity contribution in [1.29, 1.82) is 0 Å². The molecule has 2 bridgehead atoms. The molecule has 10 aromatic rings. The van der Waals surface area contributed by atoms with E-state index in [2.05, 4.69) is 165 Å². The third-order valence-electron chi connectivity index (χ3n) is 16.2. The molecule has 2 spiro atoms. The number of rotatable bonds is 4. The van der Waals surface area contributed by atoms with E-state index in [9.17, 15) is 0 Å². The summed E-state index contributed by atoms with van der Waals surface area (Å²) in [6, 6.07) is 63.9. The second kappa shape index (κ2) is 12.6. The standard InChI is InChI=1S/C60H44N2/c1-36-33-59-34-42(59)32-43(35-59)60(36)52-22-7-6-19-50(52)56-44(20-9-23-53(56)60)38-26-24-37(25-27-38)39-12-8-13-40(30-39)54-45-15-2-4-17-47(45)55(48-18-5-3-16-46(48)54)51-31-41-14-10-28-61-57(41)58-49(51)21-11-29-62-58/h2-31,36,42-43H,32-35H2,1H3. The van der Waals surface area contributed by atoms with Gasteiger partial charge in [-0.15, -0.1) is 0 Å². The molecule has 3 fully saturated rings. The van der Waals surface area contributed by atoms with Gasteiger partial charge in [0.1, 0.15) is 0 Å². The normalized spacial score (nSPS) is 23.0. The van der Waals surface area contributed by atoms with E-state index in [0.717, 1.165) is 33.6 Å². The Kier molecular flexibility index (Phi) is 7.06. The third-order valence-corrected chi connectivity index (χ3v) is 16.2. The van der Waals surface area contributed by atoms with E-state index in [1.807, 2.05) is 24.5 Å². The Morgan fingerprint density at radius 1 is 0.419 bits per heavy atom. The Labute approximate surface area is 362 Å². The number of benzene rings is 8. The lowest BCUT2D eigenvalue weighted by Gasteiger charge is -2.48. The summed E-state index contributed by atoms with van der Waals surface area (Å²) in [5.74, 6) is 2.36. The first-order valence-electron chi connectivity index (χ1n) is 22.6. The molecule has 0 saturated heterocycles. The number of hydrogen-bond donors (Lipinski definition) is 0. The van der Waals surface area contributed by atoms with E-state index in [1.54, 1.807) is 11.1 Å². The Hall–Kier alpha value is -6.90. The Balaban J connectivity index is 0.891. The van der Waals surface area contributed by atoms with E-state index in [-0.39, 0.29) is 5.41 Å². The summed E-state index contributed by atoms with van der Waals surface area (Å²) in [7, 11) is 0. The number of pyridine rings is 2. The highest BCUT2D eigenvalue weighted by Gasteiger charge is 2.70. The summed E-state index contributed by atoms with van der Waals surface area (Å²) in [5.41, 5.74) is 18.8. The molecule has 0 N–H and O–H groups in total. The van der Waals surface area contributed by atoms with Crippen molar-refractivity contribution in [2.24, 2.45) is 23.2 Å². The van der Waals surface area contributed by atoms with Crippen LogP contribution in [0.3, 0.4) is 0 Å². The molecule has 2 aromatic heterocycles. The quantitative estimate of drug-likeness (QED) is 0.131.